The topological polar surface area (TPSA) is 177 Å². The minimum Gasteiger partial charge on any atom is -0.497 e. The summed E-state index contributed by atoms with van der Waals surface area (Å²) >= 11 is 0. The van der Waals surface area contributed by atoms with Crippen LogP contribution in [0, 0.1) is 5.41 Å². The van der Waals surface area contributed by atoms with Crippen LogP contribution < -0.4 is 14.2 Å². The molecule has 0 amide bonds. The average Bonchev–Trinajstić information content (AvgIpc) is 3.03. The zero-order valence-corrected chi connectivity index (χ0v) is 24.1. The fourth-order valence-corrected chi connectivity index (χ4v) is 3.52. The minimum absolute atomic E-state index is 0.0302. The van der Waals surface area contributed by atoms with Crippen molar-refractivity contribution in [3.63, 3.8) is 0 Å². The first-order chi connectivity index (χ1) is 20.3. The van der Waals surface area contributed by atoms with Crippen LogP contribution in [0.2, 0.25) is 0 Å². The third-order valence-electron chi connectivity index (χ3n) is 6.21. The predicted molar refractivity (Wildman–Crippen MR) is 155 cm³/mol. The van der Waals surface area contributed by atoms with Crippen molar-refractivity contribution >= 4 is 12.2 Å². The molecule has 2 aromatic carbocycles. The van der Waals surface area contributed by atoms with E-state index in [2.05, 4.69) is 0 Å². The Labute approximate surface area is 246 Å². The largest absolute Gasteiger partial charge is 0.497 e. The Morgan fingerprint density at radius 2 is 1.19 bits per heavy atom. The first-order valence-electron chi connectivity index (χ1n) is 13.5. The second kappa shape index (κ2) is 19.4. The third-order valence-corrected chi connectivity index (χ3v) is 6.21. The molecule has 12 nitrogen and oxygen atoms in total. The minimum atomic E-state index is -1.16. The van der Waals surface area contributed by atoms with Crippen LogP contribution in [0.5, 0.6) is 17.2 Å². The van der Waals surface area contributed by atoms with Crippen LogP contribution in [0.15, 0.2) is 42.5 Å². The summed E-state index contributed by atoms with van der Waals surface area (Å²) in [6.45, 7) is -2.30. The van der Waals surface area contributed by atoms with E-state index in [1.807, 2.05) is 36.4 Å². The number of rotatable bonds is 22. The Bertz CT molecular complexity index is 987. The van der Waals surface area contributed by atoms with Crippen molar-refractivity contribution in [1.29, 1.82) is 0 Å². The summed E-state index contributed by atoms with van der Waals surface area (Å²) in [6, 6.07) is 12.9. The maximum absolute atomic E-state index is 10.1. The van der Waals surface area contributed by atoms with Gasteiger partial charge in [-0.15, -0.1) is 0 Å². The summed E-state index contributed by atoms with van der Waals surface area (Å²) in [4.78, 5) is 0. The van der Waals surface area contributed by atoms with Crippen molar-refractivity contribution in [2.24, 2.45) is 5.41 Å². The summed E-state index contributed by atoms with van der Waals surface area (Å²) in [5.74, 6) is 1.90. The molecule has 2 rings (SSSR count). The van der Waals surface area contributed by atoms with Crippen molar-refractivity contribution in [1.82, 2.24) is 0 Å². The molecule has 2 unspecified atom stereocenters. The summed E-state index contributed by atoms with van der Waals surface area (Å²) in [5.41, 5.74) is 0.672. The van der Waals surface area contributed by atoms with E-state index in [0.29, 0.717) is 17.2 Å². The number of hydrogen-bond acceptors (Lipinski definition) is 12. The molecule has 0 spiro atoms. The average molecular weight is 597 g/mol. The van der Waals surface area contributed by atoms with Gasteiger partial charge in [0.2, 0.25) is 0 Å². The molecule has 2 atom stereocenters. The molecule has 0 fully saturated rings. The fraction of sp³-hybridized carbons (Fsp3) is 0.533. The normalized spacial score (nSPS) is 14.1. The lowest BCUT2D eigenvalue weighted by Gasteiger charge is -2.31. The number of methoxy groups -OCH3 is 2. The molecular formula is C30H44O12. The van der Waals surface area contributed by atoms with Crippen molar-refractivity contribution in [2.45, 2.75) is 18.3 Å². The molecule has 0 aliphatic heterocycles. The highest BCUT2D eigenvalue weighted by molar-refractivity contribution is 5.71. The summed E-state index contributed by atoms with van der Waals surface area (Å²) < 4.78 is 33.1. The zero-order valence-electron chi connectivity index (χ0n) is 24.1. The molecule has 0 saturated carbocycles. The Kier molecular flexibility index (Phi) is 16.4. The van der Waals surface area contributed by atoms with E-state index in [1.165, 1.54) is 0 Å². The highest BCUT2D eigenvalue weighted by Gasteiger charge is 2.32. The van der Waals surface area contributed by atoms with Gasteiger partial charge in [0.15, 0.2) is 0 Å². The van der Waals surface area contributed by atoms with Gasteiger partial charge in [0.1, 0.15) is 42.2 Å². The molecule has 0 aliphatic carbocycles. The Balaban J connectivity index is 1.98. The lowest BCUT2D eigenvalue weighted by molar-refractivity contribution is -0.123. The Hall–Kier alpha value is -2.78. The van der Waals surface area contributed by atoms with Gasteiger partial charge in [0.25, 0.3) is 0 Å². The number of hydrogen-bond donors (Lipinski definition) is 6. The lowest BCUT2D eigenvalue weighted by atomic mass is 9.92. The second-order valence-corrected chi connectivity index (χ2v) is 9.83. The van der Waals surface area contributed by atoms with E-state index < -0.39 is 50.2 Å². The van der Waals surface area contributed by atoms with E-state index in [0.717, 1.165) is 11.1 Å². The molecule has 6 N–H and O–H groups in total. The van der Waals surface area contributed by atoms with Gasteiger partial charge in [-0.1, -0.05) is 24.3 Å². The standard InChI is InChI=1S/C30H44O12/c1-37-27-9-23(10-28(11-27)38-2)4-3-22-5-7-26(8-6-22)41-20-30(18-33,19-34)21-42-29(16-39-14-24(35)12-31)17-40-15-25(36)13-32/h3-11,24-25,29,31-36H,12-21H2,1-2H3/b4-3+. The van der Waals surface area contributed by atoms with Gasteiger partial charge in [0.05, 0.1) is 79.1 Å². The lowest BCUT2D eigenvalue weighted by Crippen LogP contribution is -2.43. The van der Waals surface area contributed by atoms with Gasteiger partial charge in [-0.05, 0) is 35.4 Å². The van der Waals surface area contributed by atoms with Crippen LogP contribution in [-0.2, 0) is 14.2 Å². The molecular weight excluding hydrogens is 552 g/mol. The molecule has 0 bridgehead atoms. The van der Waals surface area contributed by atoms with Gasteiger partial charge < -0.3 is 59.1 Å². The van der Waals surface area contributed by atoms with Crippen molar-refractivity contribution in [2.75, 3.05) is 80.3 Å². The molecule has 12 heteroatoms. The molecule has 42 heavy (non-hydrogen) atoms. The summed E-state index contributed by atoms with van der Waals surface area (Å²) in [5, 5.41) is 57.1. The maximum atomic E-state index is 10.1. The highest BCUT2D eigenvalue weighted by Crippen LogP contribution is 2.25. The maximum Gasteiger partial charge on any atom is 0.123 e. The van der Waals surface area contributed by atoms with E-state index in [1.54, 1.807) is 32.4 Å². The molecule has 236 valence electrons. The van der Waals surface area contributed by atoms with Crippen LogP contribution in [0.25, 0.3) is 12.2 Å². The second-order valence-electron chi connectivity index (χ2n) is 9.83. The Morgan fingerprint density at radius 1 is 0.667 bits per heavy atom. The Morgan fingerprint density at radius 3 is 1.67 bits per heavy atom. The number of aliphatic hydroxyl groups excluding tert-OH is 6. The monoisotopic (exact) mass is 596 g/mol. The first kappa shape index (κ1) is 35.4. The first-order valence-corrected chi connectivity index (χ1v) is 13.5. The molecule has 0 heterocycles. The number of ether oxygens (including phenoxy) is 6. The van der Waals surface area contributed by atoms with Crippen molar-refractivity contribution in [3.05, 3.63) is 53.6 Å². The van der Waals surface area contributed by atoms with Gasteiger partial charge in [0, 0.05) is 6.07 Å². The van der Waals surface area contributed by atoms with Crippen molar-refractivity contribution in [3.8, 4) is 17.2 Å². The van der Waals surface area contributed by atoms with Crippen LogP contribution in [0.4, 0.5) is 0 Å². The molecule has 0 aromatic heterocycles. The molecule has 2 aromatic rings. The van der Waals surface area contributed by atoms with Crippen molar-refractivity contribution < 1.29 is 59.1 Å². The molecule has 0 aliphatic rings. The van der Waals surface area contributed by atoms with Crippen LogP contribution in [-0.4, -0.2) is 129 Å². The van der Waals surface area contributed by atoms with Crippen LogP contribution >= 0.6 is 0 Å². The van der Waals surface area contributed by atoms with Gasteiger partial charge in [-0.2, -0.15) is 0 Å². The summed E-state index contributed by atoms with van der Waals surface area (Å²) in [6.07, 6.45) is 1.05. The van der Waals surface area contributed by atoms with E-state index in [4.69, 9.17) is 38.6 Å². The third kappa shape index (κ3) is 12.6. The SMILES string of the molecule is COc1cc(/C=C/c2ccc(OCC(CO)(CO)COC(COCC(O)CO)COCC(O)CO)cc2)cc(OC)c1. The molecule has 0 saturated heterocycles. The summed E-state index contributed by atoms with van der Waals surface area (Å²) in [7, 11) is 3.19. The van der Waals surface area contributed by atoms with Crippen LogP contribution in [0.3, 0.4) is 0 Å². The smallest absolute Gasteiger partial charge is 0.123 e. The van der Waals surface area contributed by atoms with E-state index in [-0.39, 0.29) is 39.6 Å². The van der Waals surface area contributed by atoms with Crippen LogP contribution in [0.1, 0.15) is 11.1 Å². The number of aliphatic hydroxyl groups is 6. The van der Waals surface area contributed by atoms with Gasteiger partial charge in [-0.3, -0.25) is 0 Å². The predicted octanol–water partition coefficient (Wildman–Crippen LogP) is 0.349. The van der Waals surface area contributed by atoms with Gasteiger partial charge in [-0.25, -0.2) is 0 Å². The zero-order chi connectivity index (χ0) is 30.8. The van der Waals surface area contributed by atoms with E-state index in [9.17, 15) is 20.4 Å². The quantitative estimate of drug-likeness (QED) is 0.103. The number of benzene rings is 2. The van der Waals surface area contributed by atoms with E-state index >= 15 is 0 Å². The van der Waals surface area contributed by atoms with Gasteiger partial charge >= 0.3 is 0 Å². The molecule has 0 radical (unpaired) electrons. The highest BCUT2D eigenvalue weighted by atomic mass is 16.6. The fourth-order valence-electron chi connectivity index (χ4n) is 3.52.